The number of hydrazine groups is 1. The maximum absolute atomic E-state index is 6.37. The van der Waals surface area contributed by atoms with E-state index in [9.17, 15) is 0 Å². The number of aliphatic imine (C=N–C) groups is 1. The molecule has 1 fully saturated rings. The van der Waals surface area contributed by atoms with E-state index in [4.69, 9.17) is 27.9 Å². The van der Waals surface area contributed by atoms with Gasteiger partial charge in [-0.25, -0.2) is 0 Å². The van der Waals surface area contributed by atoms with Gasteiger partial charge in [0, 0.05) is 18.5 Å². The molecule has 0 aromatic heterocycles. The molecule has 1 aliphatic heterocycles. The smallest absolute Gasteiger partial charge is 0.118 e. The highest BCUT2D eigenvalue weighted by molar-refractivity contribution is 6.36. The van der Waals surface area contributed by atoms with Crippen LogP contribution in [-0.2, 0) is 0 Å². The zero-order valence-corrected chi connectivity index (χ0v) is 14.4. The van der Waals surface area contributed by atoms with Gasteiger partial charge in [-0.15, -0.1) is 0 Å². The van der Waals surface area contributed by atoms with Gasteiger partial charge in [-0.2, -0.15) is 0 Å². The van der Waals surface area contributed by atoms with Gasteiger partial charge < -0.3 is 4.74 Å². The van der Waals surface area contributed by atoms with Crippen LogP contribution in [0.25, 0.3) is 0 Å². The lowest BCUT2D eigenvalue weighted by molar-refractivity contribution is 0.414. The van der Waals surface area contributed by atoms with E-state index in [1.165, 1.54) is 0 Å². The Bertz CT molecular complexity index is 731. The minimum absolute atomic E-state index is 0.0956. The van der Waals surface area contributed by atoms with Crippen LogP contribution in [-0.4, -0.2) is 20.0 Å². The Morgan fingerprint density at radius 2 is 1.91 bits per heavy atom. The molecule has 1 aliphatic rings. The fourth-order valence-corrected chi connectivity index (χ4v) is 3.18. The summed E-state index contributed by atoms with van der Waals surface area (Å²) in [5.74, 6) is 1.75. The number of nitrogens with zero attached hydrogens (tertiary/aromatic N) is 2. The van der Waals surface area contributed by atoms with Crippen LogP contribution in [0.1, 0.15) is 18.0 Å². The topological polar surface area (TPSA) is 36.9 Å². The third-order valence-electron chi connectivity index (χ3n) is 3.89. The van der Waals surface area contributed by atoms with Crippen molar-refractivity contribution in [3.8, 4) is 5.75 Å². The van der Waals surface area contributed by atoms with Gasteiger partial charge in [-0.05, 0) is 35.9 Å². The molecule has 0 bridgehead atoms. The Balaban J connectivity index is 1.98. The van der Waals surface area contributed by atoms with Gasteiger partial charge in [0.05, 0.1) is 23.9 Å². The summed E-state index contributed by atoms with van der Waals surface area (Å²) in [4.78, 5) is 4.29. The Morgan fingerprint density at radius 1 is 1.17 bits per heavy atom. The van der Waals surface area contributed by atoms with Gasteiger partial charge in [0.15, 0.2) is 0 Å². The van der Waals surface area contributed by atoms with Crippen molar-refractivity contribution in [2.75, 3.05) is 19.2 Å². The first-order valence-electron chi connectivity index (χ1n) is 7.23. The average molecular weight is 350 g/mol. The van der Waals surface area contributed by atoms with E-state index < -0.39 is 0 Å². The van der Waals surface area contributed by atoms with Crippen LogP contribution in [0, 0.1) is 0 Å². The van der Waals surface area contributed by atoms with Crippen molar-refractivity contribution in [3.63, 3.8) is 0 Å². The third kappa shape index (κ3) is 3.23. The number of hydrogen-bond donors (Lipinski definition) is 1. The van der Waals surface area contributed by atoms with E-state index in [0.29, 0.717) is 10.0 Å². The van der Waals surface area contributed by atoms with Crippen molar-refractivity contribution in [1.29, 1.82) is 0 Å². The fraction of sp³-hybridized carbons (Fsp3) is 0.235. The second-order valence-corrected chi connectivity index (χ2v) is 6.08. The highest BCUT2D eigenvalue weighted by atomic mass is 35.5. The Morgan fingerprint density at radius 3 is 2.52 bits per heavy atom. The second kappa shape index (κ2) is 6.69. The predicted octanol–water partition coefficient (Wildman–Crippen LogP) is 4.49. The summed E-state index contributed by atoms with van der Waals surface area (Å²) >= 11 is 12.4. The number of benzene rings is 2. The molecule has 1 N–H and O–H groups in total. The van der Waals surface area contributed by atoms with E-state index in [-0.39, 0.29) is 6.04 Å². The van der Waals surface area contributed by atoms with E-state index in [0.717, 1.165) is 29.3 Å². The Labute approximate surface area is 145 Å². The highest BCUT2D eigenvalue weighted by Crippen LogP contribution is 2.37. The summed E-state index contributed by atoms with van der Waals surface area (Å²) in [5.41, 5.74) is 5.35. The summed E-state index contributed by atoms with van der Waals surface area (Å²) in [5, 5.41) is 3.24. The highest BCUT2D eigenvalue weighted by Gasteiger charge is 2.31. The molecule has 2 aromatic rings. The van der Waals surface area contributed by atoms with Gasteiger partial charge in [-0.3, -0.25) is 15.4 Å². The second-order valence-electron chi connectivity index (χ2n) is 5.24. The fourth-order valence-electron chi connectivity index (χ4n) is 2.68. The molecule has 0 aliphatic carbocycles. The lowest BCUT2D eigenvalue weighted by Crippen LogP contribution is -2.35. The van der Waals surface area contributed by atoms with Crippen LogP contribution in [0.4, 0.5) is 5.69 Å². The molecule has 1 saturated heterocycles. The molecule has 23 heavy (non-hydrogen) atoms. The summed E-state index contributed by atoms with van der Waals surface area (Å²) < 4.78 is 5.23. The van der Waals surface area contributed by atoms with Crippen molar-refractivity contribution in [2.45, 2.75) is 12.5 Å². The molecule has 4 nitrogen and oxygen atoms in total. The maximum Gasteiger partial charge on any atom is 0.118 e. The average Bonchev–Trinajstić information content (AvgIpc) is 2.99. The SMILES string of the molecule is CN=C1CC(c2ccc(OC)cc2)N(c2ccc(Cl)cc2Cl)N1. The van der Waals surface area contributed by atoms with Crippen LogP contribution in [0.2, 0.25) is 10.0 Å². The Kier molecular flexibility index (Phi) is 4.64. The van der Waals surface area contributed by atoms with E-state index in [2.05, 4.69) is 22.6 Å². The van der Waals surface area contributed by atoms with Gasteiger partial charge in [0.1, 0.15) is 11.6 Å². The minimum Gasteiger partial charge on any atom is -0.497 e. The number of amidine groups is 1. The Hall–Kier alpha value is -1.91. The van der Waals surface area contributed by atoms with Gasteiger partial charge in [0.2, 0.25) is 0 Å². The molecule has 1 unspecified atom stereocenters. The van der Waals surface area contributed by atoms with Crippen molar-refractivity contribution in [1.82, 2.24) is 5.43 Å². The monoisotopic (exact) mass is 349 g/mol. The predicted molar refractivity (Wildman–Crippen MR) is 95.8 cm³/mol. The first-order valence-corrected chi connectivity index (χ1v) is 7.98. The third-order valence-corrected chi connectivity index (χ3v) is 4.43. The number of anilines is 1. The largest absolute Gasteiger partial charge is 0.497 e. The molecule has 1 heterocycles. The first-order chi connectivity index (χ1) is 11.1. The lowest BCUT2D eigenvalue weighted by atomic mass is 10.0. The van der Waals surface area contributed by atoms with Crippen LogP contribution in [0.5, 0.6) is 5.75 Å². The molecular formula is C17H17Cl2N3O. The van der Waals surface area contributed by atoms with Crippen molar-refractivity contribution in [2.24, 2.45) is 4.99 Å². The van der Waals surface area contributed by atoms with Crippen molar-refractivity contribution < 1.29 is 4.74 Å². The van der Waals surface area contributed by atoms with Crippen LogP contribution in [0.3, 0.4) is 0 Å². The molecule has 6 heteroatoms. The lowest BCUT2D eigenvalue weighted by Gasteiger charge is -2.27. The van der Waals surface area contributed by atoms with Crippen molar-refractivity contribution >= 4 is 34.7 Å². The van der Waals surface area contributed by atoms with Crippen molar-refractivity contribution in [3.05, 3.63) is 58.1 Å². The number of halogens is 2. The number of rotatable bonds is 3. The van der Waals surface area contributed by atoms with E-state index in [1.54, 1.807) is 20.2 Å². The summed E-state index contributed by atoms with van der Waals surface area (Å²) in [6.45, 7) is 0. The van der Waals surface area contributed by atoms with Crippen LogP contribution >= 0.6 is 23.2 Å². The first kappa shape index (κ1) is 16.0. The number of ether oxygens (including phenoxy) is 1. The summed E-state index contributed by atoms with van der Waals surface area (Å²) in [7, 11) is 3.44. The van der Waals surface area contributed by atoms with Gasteiger partial charge in [0.25, 0.3) is 0 Å². The van der Waals surface area contributed by atoms with E-state index in [1.807, 2.05) is 29.3 Å². The van der Waals surface area contributed by atoms with Gasteiger partial charge in [-0.1, -0.05) is 35.3 Å². The van der Waals surface area contributed by atoms with Crippen LogP contribution in [0.15, 0.2) is 47.5 Å². The number of nitrogens with one attached hydrogen (secondary N) is 1. The molecule has 1 atom stereocenters. The molecule has 0 spiro atoms. The zero-order chi connectivity index (χ0) is 16.4. The number of methoxy groups -OCH3 is 1. The minimum atomic E-state index is 0.0956. The molecule has 2 aromatic carbocycles. The maximum atomic E-state index is 6.37. The molecule has 0 amide bonds. The standard InChI is InChI=1S/C17H17Cl2N3O/c1-20-17-10-16(11-3-6-13(23-2)7-4-11)22(21-17)15-8-5-12(18)9-14(15)19/h3-9,16H,10H2,1-2H3,(H,20,21). The number of hydrogen-bond acceptors (Lipinski definition) is 3. The van der Waals surface area contributed by atoms with E-state index >= 15 is 0 Å². The quantitative estimate of drug-likeness (QED) is 0.886. The zero-order valence-electron chi connectivity index (χ0n) is 12.9. The summed E-state index contributed by atoms with van der Waals surface area (Å²) in [6.07, 6.45) is 0.780. The molecule has 0 saturated carbocycles. The molecular weight excluding hydrogens is 333 g/mol. The molecule has 3 rings (SSSR count). The molecule has 120 valence electrons. The summed E-state index contributed by atoms with van der Waals surface area (Å²) in [6, 6.07) is 13.6. The molecule has 0 radical (unpaired) electrons. The van der Waals surface area contributed by atoms with Crippen LogP contribution < -0.4 is 15.2 Å². The van der Waals surface area contributed by atoms with Gasteiger partial charge >= 0.3 is 0 Å². The normalized spacial score (nSPS) is 19.0.